The van der Waals surface area contributed by atoms with Crippen molar-refractivity contribution in [3.05, 3.63) is 34.9 Å². The molecule has 3 rings (SSSR count). The third-order valence-corrected chi connectivity index (χ3v) is 5.25. The number of carboxylic acid groups (broad SMARTS) is 1. The first-order valence-electron chi connectivity index (χ1n) is 9.37. The predicted molar refractivity (Wildman–Crippen MR) is 98.2 cm³/mol. The molecule has 2 fully saturated rings. The summed E-state index contributed by atoms with van der Waals surface area (Å²) in [7, 11) is 0. The summed E-state index contributed by atoms with van der Waals surface area (Å²) >= 11 is 0. The first-order chi connectivity index (χ1) is 13.1. The number of nitrogens with zero attached hydrogens (tertiary/aromatic N) is 1. The molecule has 2 saturated heterocycles. The molecule has 0 amide bonds. The Kier molecular flexibility index (Phi) is 7.47. The molecule has 1 aromatic rings. The minimum absolute atomic E-state index is 0.0763. The van der Waals surface area contributed by atoms with Gasteiger partial charge in [0.05, 0.1) is 12.2 Å². The summed E-state index contributed by atoms with van der Waals surface area (Å²) in [4.78, 5) is 11.4. The van der Waals surface area contributed by atoms with Crippen molar-refractivity contribution in [3.63, 3.8) is 0 Å². The number of aliphatic carboxylic acids is 1. The van der Waals surface area contributed by atoms with E-state index in [1.807, 2.05) is 0 Å². The van der Waals surface area contributed by atoms with Gasteiger partial charge in [0, 0.05) is 38.8 Å². The van der Waals surface area contributed by atoms with Gasteiger partial charge in [-0.2, -0.15) is 13.2 Å². The topological polar surface area (TPSA) is 59.0 Å². The third-order valence-electron chi connectivity index (χ3n) is 5.25. The van der Waals surface area contributed by atoms with Crippen molar-refractivity contribution >= 4 is 5.97 Å². The Bertz CT molecular complexity index is 672. The summed E-state index contributed by atoms with van der Waals surface area (Å²) in [5.41, 5.74) is 4.26. The second-order valence-electron chi connectivity index (χ2n) is 7.44. The Hall–Kier alpha value is -1.64. The number of rotatable bonds is 5. The molecule has 158 valence electrons. The van der Waals surface area contributed by atoms with Crippen molar-refractivity contribution in [2.75, 3.05) is 32.9 Å². The number of carboxylic acids is 1. The summed E-state index contributed by atoms with van der Waals surface area (Å²) in [5, 5.41) is 7.12. The van der Waals surface area contributed by atoms with Gasteiger partial charge >= 0.3 is 12.1 Å². The summed E-state index contributed by atoms with van der Waals surface area (Å²) < 4.78 is 43.5. The van der Waals surface area contributed by atoms with Gasteiger partial charge in [-0.3, -0.25) is 4.90 Å². The van der Waals surface area contributed by atoms with Crippen molar-refractivity contribution in [1.82, 2.24) is 4.90 Å². The smallest absolute Gasteiger partial charge is 0.475 e. The SMILES string of the molecule is CCOCC1CCOC12CN(Cc1cc(C)ccc1C)C2.O=C(O)C(F)(F)F. The number of likely N-dealkylation sites (tertiary alicyclic amines) is 1. The van der Waals surface area contributed by atoms with Crippen LogP contribution in [0.2, 0.25) is 0 Å². The second-order valence-corrected chi connectivity index (χ2v) is 7.44. The van der Waals surface area contributed by atoms with Crippen LogP contribution in [0, 0.1) is 19.8 Å². The minimum atomic E-state index is -5.08. The van der Waals surface area contributed by atoms with Crippen molar-refractivity contribution < 1.29 is 32.5 Å². The monoisotopic (exact) mass is 403 g/mol. The van der Waals surface area contributed by atoms with E-state index >= 15 is 0 Å². The number of carbonyl (C=O) groups is 1. The summed E-state index contributed by atoms with van der Waals surface area (Å²) in [6.07, 6.45) is -3.93. The highest BCUT2D eigenvalue weighted by Gasteiger charge is 2.52. The number of aryl methyl sites for hydroxylation is 2. The highest BCUT2D eigenvalue weighted by Crippen LogP contribution is 2.40. The van der Waals surface area contributed by atoms with Crippen LogP contribution in [0.5, 0.6) is 0 Å². The minimum Gasteiger partial charge on any atom is -0.475 e. The van der Waals surface area contributed by atoms with Crippen LogP contribution >= 0.6 is 0 Å². The fourth-order valence-corrected chi connectivity index (χ4v) is 3.66. The molecule has 1 spiro atoms. The van der Waals surface area contributed by atoms with Gasteiger partial charge in [0.15, 0.2) is 0 Å². The van der Waals surface area contributed by atoms with Crippen LogP contribution in [-0.2, 0) is 20.8 Å². The van der Waals surface area contributed by atoms with Crippen LogP contribution in [0.25, 0.3) is 0 Å². The van der Waals surface area contributed by atoms with Crippen molar-refractivity contribution in [2.45, 2.75) is 45.5 Å². The van der Waals surface area contributed by atoms with Crippen LogP contribution in [0.1, 0.15) is 30.0 Å². The fraction of sp³-hybridized carbons (Fsp3) is 0.650. The van der Waals surface area contributed by atoms with Crippen LogP contribution in [-0.4, -0.2) is 60.7 Å². The fourth-order valence-electron chi connectivity index (χ4n) is 3.66. The Balaban J connectivity index is 0.000000345. The molecule has 0 aromatic heterocycles. The van der Waals surface area contributed by atoms with Crippen molar-refractivity contribution in [2.24, 2.45) is 5.92 Å². The Labute approximate surface area is 163 Å². The zero-order valence-electron chi connectivity index (χ0n) is 16.5. The lowest BCUT2D eigenvalue weighted by Gasteiger charge is -2.50. The lowest BCUT2D eigenvalue weighted by atomic mass is 9.81. The predicted octanol–water partition coefficient (Wildman–Crippen LogP) is 3.56. The van der Waals surface area contributed by atoms with E-state index in [4.69, 9.17) is 19.4 Å². The number of alkyl halides is 3. The maximum absolute atomic E-state index is 10.6. The molecule has 0 radical (unpaired) electrons. The normalized spacial score (nSPS) is 21.1. The zero-order chi connectivity index (χ0) is 20.9. The van der Waals surface area contributed by atoms with Crippen molar-refractivity contribution in [1.29, 1.82) is 0 Å². The van der Waals surface area contributed by atoms with Crippen LogP contribution < -0.4 is 0 Å². The van der Waals surface area contributed by atoms with E-state index in [9.17, 15) is 13.2 Å². The van der Waals surface area contributed by atoms with Crippen molar-refractivity contribution in [3.8, 4) is 0 Å². The molecular formula is C20H28F3NO4. The molecule has 0 aliphatic carbocycles. The molecule has 1 atom stereocenters. The second kappa shape index (κ2) is 9.24. The maximum Gasteiger partial charge on any atom is 0.490 e. The molecule has 0 saturated carbocycles. The summed E-state index contributed by atoms with van der Waals surface area (Å²) in [6, 6.07) is 6.73. The highest BCUT2D eigenvalue weighted by molar-refractivity contribution is 5.73. The van der Waals surface area contributed by atoms with Gasteiger partial charge in [-0.05, 0) is 38.3 Å². The largest absolute Gasteiger partial charge is 0.490 e. The van der Waals surface area contributed by atoms with Gasteiger partial charge in [0.2, 0.25) is 0 Å². The van der Waals surface area contributed by atoms with E-state index < -0.39 is 12.1 Å². The van der Waals surface area contributed by atoms with Gasteiger partial charge in [-0.25, -0.2) is 4.79 Å². The number of hydrogen-bond donors (Lipinski definition) is 1. The lowest BCUT2D eigenvalue weighted by Crippen LogP contribution is -2.64. The third kappa shape index (κ3) is 5.68. The van der Waals surface area contributed by atoms with Crippen LogP contribution in [0.15, 0.2) is 18.2 Å². The molecule has 2 aliphatic heterocycles. The molecule has 2 aliphatic rings. The molecule has 8 heteroatoms. The molecular weight excluding hydrogens is 375 g/mol. The molecule has 1 aromatic carbocycles. The van der Waals surface area contributed by atoms with E-state index in [-0.39, 0.29) is 5.60 Å². The van der Waals surface area contributed by atoms with Gasteiger partial charge in [0.1, 0.15) is 0 Å². The average molecular weight is 403 g/mol. The molecule has 1 N–H and O–H groups in total. The highest BCUT2D eigenvalue weighted by atomic mass is 19.4. The average Bonchev–Trinajstić information content (AvgIpc) is 2.99. The van der Waals surface area contributed by atoms with Crippen LogP contribution in [0.3, 0.4) is 0 Å². The summed E-state index contributed by atoms with van der Waals surface area (Å²) in [5.74, 6) is -2.18. The van der Waals surface area contributed by atoms with Gasteiger partial charge < -0.3 is 14.6 Å². The number of ether oxygens (including phenoxy) is 2. The van der Waals surface area contributed by atoms with Crippen LogP contribution in [0.4, 0.5) is 13.2 Å². The molecule has 28 heavy (non-hydrogen) atoms. The van der Waals surface area contributed by atoms with E-state index in [1.165, 1.54) is 16.7 Å². The summed E-state index contributed by atoms with van der Waals surface area (Å²) in [6.45, 7) is 12.1. The zero-order valence-corrected chi connectivity index (χ0v) is 16.5. The van der Waals surface area contributed by atoms with E-state index in [0.717, 1.165) is 45.9 Å². The number of benzene rings is 1. The Morgan fingerprint density at radius 2 is 2.00 bits per heavy atom. The molecule has 2 heterocycles. The standard InChI is InChI=1S/C18H27NO2.C2HF3O2/c1-4-20-11-17-7-8-21-18(17)12-19(13-18)10-16-9-14(2)5-6-15(16)3;3-2(4,5)1(6)7/h5-6,9,17H,4,7-8,10-13H2,1-3H3;(H,6,7). The Morgan fingerprint density at radius 3 is 2.57 bits per heavy atom. The Morgan fingerprint density at radius 1 is 1.36 bits per heavy atom. The van der Waals surface area contributed by atoms with Gasteiger partial charge in [-0.1, -0.05) is 23.8 Å². The first kappa shape index (κ1) is 22.6. The van der Waals surface area contributed by atoms with Gasteiger partial charge in [-0.15, -0.1) is 0 Å². The van der Waals surface area contributed by atoms with E-state index in [0.29, 0.717) is 5.92 Å². The molecule has 0 bridgehead atoms. The van der Waals surface area contributed by atoms with E-state index in [1.54, 1.807) is 0 Å². The van der Waals surface area contributed by atoms with E-state index in [2.05, 4.69) is 43.9 Å². The number of hydrogen-bond acceptors (Lipinski definition) is 4. The number of halogens is 3. The maximum atomic E-state index is 10.6. The molecule has 1 unspecified atom stereocenters. The first-order valence-corrected chi connectivity index (χ1v) is 9.37. The van der Waals surface area contributed by atoms with Gasteiger partial charge in [0.25, 0.3) is 0 Å². The quantitative estimate of drug-likeness (QED) is 0.815. The lowest BCUT2D eigenvalue weighted by molar-refractivity contribution is -0.192. The molecule has 5 nitrogen and oxygen atoms in total.